The van der Waals surface area contributed by atoms with Crippen LogP contribution in [0.2, 0.25) is 0 Å². The number of nitrogens with zero attached hydrogens (tertiary/aromatic N) is 2. The summed E-state index contributed by atoms with van der Waals surface area (Å²) in [7, 11) is 1.69. The van der Waals surface area contributed by atoms with Crippen molar-refractivity contribution < 1.29 is 4.74 Å². The molecule has 1 unspecified atom stereocenters. The Morgan fingerprint density at radius 1 is 1.41 bits per heavy atom. The SMILES string of the molecule is COC(C)CNc1ncnc2cc(N)ccc12. The maximum atomic E-state index is 5.72. The van der Waals surface area contributed by atoms with E-state index in [1.807, 2.05) is 25.1 Å². The molecule has 3 N–H and O–H groups in total. The summed E-state index contributed by atoms with van der Waals surface area (Å²) in [6, 6.07) is 5.60. The molecule has 2 rings (SSSR count). The molecule has 0 aliphatic carbocycles. The van der Waals surface area contributed by atoms with Crippen LogP contribution in [-0.4, -0.2) is 29.7 Å². The number of hydrogen-bond acceptors (Lipinski definition) is 5. The molecule has 0 fully saturated rings. The summed E-state index contributed by atoms with van der Waals surface area (Å²) in [6.07, 6.45) is 1.66. The Balaban J connectivity index is 2.28. The summed E-state index contributed by atoms with van der Waals surface area (Å²) in [6.45, 7) is 2.70. The third-order valence-electron chi connectivity index (χ3n) is 2.62. The fourth-order valence-electron chi connectivity index (χ4n) is 1.54. The van der Waals surface area contributed by atoms with Crippen LogP contribution in [0.25, 0.3) is 10.9 Å². The second kappa shape index (κ2) is 4.97. The maximum Gasteiger partial charge on any atom is 0.137 e. The number of hydrogen-bond donors (Lipinski definition) is 2. The fourth-order valence-corrected chi connectivity index (χ4v) is 1.54. The summed E-state index contributed by atoms with van der Waals surface area (Å²) in [4.78, 5) is 8.41. The van der Waals surface area contributed by atoms with Gasteiger partial charge in [-0.3, -0.25) is 0 Å². The number of benzene rings is 1. The van der Waals surface area contributed by atoms with E-state index in [1.54, 1.807) is 7.11 Å². The van der Waals surface area contributed by atoms with Gasteiger partial charge in [0.15, 0.2) is 0 Å². The maximum absolute atomic E-state index is 5.72. The third kappa shape index (κ3) is 2.62. The van der Waals surface area contributed by atoms with Crippen molar-refractivity contribution in [3.8, 4) is 0 Å². The number of nitrogens with two attached hydrogens (primary N) is 1. The molecule has 0 saturated heterocycles. The van der Waals surface area contributed by atoms with Gasteiger partial charge in [0.1, 0.15) is 12.1 Å². The summed E-state index contributed by atoms with van der Waals surface area (Å²) < 4.78 is 5.18. The summed E-state index contributed by atoms with van der Waals surface area (Å²) >= 11 is 0. The van der Waals surface area contributed by atoms with E-state index in [1.165, 1.54) is 6.33 Å². The Hall–Kier alpha value is -1.88. The Kier molecular flexibility index (Phi) is 3.39. The minimum Gasteiger partial charge on any atom is -0.399 e. The van der Waals surface area contributed by atoms with E-state index < -0.39 is 0 Å². The van der Waals surface area contributed by atoms with Gasteiger partial charge in [-0.1, -0.05) is 0 Å². The van der Waals surface area contributed by atoms with Gasteiger partial charge in [-0.05, 0) is 25.1 Å². The first-order valence-electron chi connectivity index (χ1n) is 5.47. The molecule has 17 heavy (non-hydrogen) atoms. The van der Waals surface area contributed by atoms with Crippen LogP contribution in [0.5, 0.6) is 0 Å². The molecule has 1 heterocycles. The molecule has 5 nitrogen and oxygen atoms in total. The van der Waals surface area contributed by atoms with Crippen molar-refractivity contribution in [1.82, 2.24) is 9.97 Å². The minimum absolute atomic E-state index is 0.133. The minimum atomic E-state index is 0.133. The van der Waals surface area contributed by atoms with E-state index in [0.29, 0.717) is 12.2 Å². The zero-order valence-electron chi connectivity index (χ0n) is 9.97. The van der Waals surface area contributed by atoms with Crippen molar-refractivity contribution in [2.75, 3.05) is 24.7 Å². The highest BCUT2D eigenvalue weighted by molar-refractivity contribution is 5.90. The number of nitrogens with one attached hydrogen (secondary N) is 1. The van der Waals surface area contributed by atoms with Gasteiger partial charge in [-0.25, -0.2) is 9.97 Å². The van der Waals surface area contributed by atoms with E-state index in [2.05, 4.69) is 15.3 Å². The lowest BCUT2D eigenvalue weighted by Crippen LogP contribution is -2.18. The van der Waals surface area contributed by atoms with Crippen LogP contribution in [-0.2, 0) is 4.74 Å². The molecule has 0 amide bonds. The Morgan fingerprint density at radius 3 is 3.00 bits per heavy atom. The Labute approximate surface area is 100 Å². The predicted octanol–water partition coefficient (Wildman–Crippen LogP) is 1.66. The first-order chi connectivity index (χ1) is 8.20. The molecule has 1 aromatic heterocycles. The van der Waals surface area contributed by atoms with Gasteiger partial charge in [0.05, 0.1) is 11.6 Å². The predicted molar refractivity (Wildman–Crippen MR) is 68.9 cm³/mol. The summed E-state index contributed by atoms with van der Waals surface area (Å²) in [5.41, 5.74) is 7.26. The highest BCUT2D eigenvalue weighted by Crippen LogP contribution is 2.21. The lowest BCUT2D eigenvalue weighted by Gasteiger charge is -2.12. The molecule has 0 bridgehead atoms. The van der Waals surface area contributed by atoms with Gasteiger partial charge in [-0.2, -0.15) is 0 Å². The molecule has 0 radical (unpaired) electrons. The number of aromatic nitrogens is 2. The largest absolute Gasteiger partial charge is 0.399 e. The number of ether oxygens (including phenoxy) is 1. The molecule has 0 aliphatic heterocycles. The molecule has 0 saturated carbocycles. The molecule has 5 heteroatoms. The molecule has 0 aliphatic rings. The molecule has 1 aromatic carbocycles. The van der Waals surface area contributed by atoms with E-state index >= 15 is 0 Å². The number of fused-ring (bicyclic) bond motifs is 1. The second-order valence-corrected chi connectivity index (χ2v) is 3.93. The lowest BCUT2D eigenvalue weighted by molar-refractivity contribution is 0.128. The topological polar surface area (TPSA) is 73.1 Å². The van der Waals surface area contributed by atoms with Crippen LogP contribution < -0.4 is 11.1 Å². The first kappa shape index (κ1) is 11.6. The number of methoxy groups -OCH3 is 1. The summed E-state index contributed by atoms with van der Waals surface area (Å²) in [5, 5.41) is 4.20. The molecular formula is C12H16N4O. The van der Waals surface area contributed by atoms with Crippen molar-refractivity contribution in [1.29, 1.82) is 0 Å². The van der Waals surface area contributed by atoms with Crippen molar-refractivity contribution >= 4 is 22.4 Å². The molecule has 2 aromatic rings. The number of rotatable bonds is 4. The normalized spacial score (nSPS) is 12.6. The molecule has 0 spiro atoms. The van der Waals surface area contributed by atoms with Gasteiger partial charge >= 0.3 is 0 Å². The Morgan fingerprint density at radius 2 is 2.24 bits per heavy atom. The van der Waals surface area contributed by atoms with Gasteiger partial charge in [0.2, 0.25) is 0 Å². The van der Waals surface area contributed by atoms with Crippen molar-refractivity contribution in [3.63, 3.8) is 0 Å². The first-order valence-corrected chi connectivity index (χ1v) is 5.47. The van der Waals surface area contributed by atoms with Crippen LogP contribution in [0.4, 0.5) is 11.5 Å². The van der Waals surface area contributed by atoms with Crippen molar-refractivity contribution in [2.45, 2.75) is 13.0 Å². The highest BCUT2D eigenvalue weighted by atomic mass is 16.5. The van der Waals surface area contributed by atoms with E-state index in [4.69, 9.17) is 10.5 Å². The molecule has 1 atom stereocenters. The fraction of sp³-hybridized carbons (Fsp3) is 0.333. The smallest absolute Gasteiger partial charge is 0.137 e. The standard InChI is InChI=1S/C12H16N4O/c1-8(17-2)6-14-12-10-4-3-9(13)5-11(10)15-7-16-12/h3-5,7-8H,6,13H2,1-2H3,(H,14,15,16). The van der Waals surface area contributed by atoms with E-state index in [9.17, 15) is 0 Å². The van der Waals surface area contributed by atoms with Crippen molar-refractivity contribution in [2.24, 2.45) is 0 Å². The average molecular weight is 232 g/mol. The van der Waals surface area contributed by atoms with Gasteiger partial charge < -0.3 is 15.8 Å². The van der Waals surface area contributed by atoms with Crippen molar-refractivity contribution in [3.05, 3.63) is 24.5 Å². The second-order valence-electron chi connectivity index (χ2n) is 3.93. The van der Waals surface area contributed by atoms with Crippen LogP contribution >= 0.6 is 0 Å². The molecule has 90 valence electrons. The van der Waals surface area contributed by atoms with E-state index in [-0.39, 0.29) is 6.10 Å². The van der Waals surface area contributed by atoms with E-state index in [0.717, 1.165) is 16.7 Å². The molecular weight excluding hydrogens is 216 g/mol. The van der Waals surface area contributed by atoms with Crippen LogP contribution in [0.3, 0.4) is 0 Å². The lowest BCUT2D eigenvalue weighted by atomic mass is 10.2. The van der Waals surface area contributed by atoms with Crippen LogP contribution in [0.15, 0.2) is 24.5 Å². The Bertz CT molecular complexity index is 515. The zero-order chi connectivity index (χ0) is 12.3. The quantitative estimate of drug-likeness (QED) is 0.784. The summed E-state index contributed by atoms with van der Waals surface area (Å²) in [5.74, 6) is 0.805. The monoisotopic (exact) mass is 232 g/mol. The van der Waals surface area contributed by atoms with Gasteiger partial charge in [0.25, 0.3) is 0 Å². The highest BCUT2D eigenvalue weighted by Gasteiger charge is 2.05. The zero-order valence-corrected chi connectivity index (χ0v) is 9.97. The third-order valence-corrected chi connectivity index (χ3v) is 2.62. The average Bonchev–Trinajstić information content (AvgIpc) is 2.35. The van der Waals surface area contributed by atoms with Crippen LogP contribution in [0.1, 0.15) is 6.92 Å². The number of nitrogen functional groups attached to an aromatic ring is 1. The van der Waals surface area contributed by atoms with Gasteiger partial charge in [0, 0.05) is 24.7 Å². The van der Waals surface area contributed by atoms with Gasteiger partial charge in [-0.15, -0.1) is 0 Å². The number of anilines is 2. The van der Waals surface area contributed by atoms with Crippen LogP contribution in [0, 0.1) is 0 Å².